The van der Waals surface area contributed by atoms with Gasteiger partial charge in [0.15, 0.2) is 0 Å². The minimum absolute atomic E-state index is 0.495. The summed E-state index contributed by atoms with van der Waals surface area (Å²) in [6.45, 7) is 3.51. The quantitative estimate of drug-likeness (QED) is 0.491. The Bertz CT molecular complexity index is 169. The summed E-state index contributed by atoms with van der Waals surface area (Å²) in [6, 6.07) is 0. The van der Waals surface area contributed by atoms with Crippen molar-refractivity contribution < 1.29 is 9.18 Å². The van der Waals surface area contributed by atoms with Crippen molar-refractivity contribution in [2.75, 3.05) is 7.05 Å². The van der Waals surface area contributed by atoms with Gasteiger partial charge in [0.1, 0.15) is 0 Å². The molecule has 1 aliphatic heterocycles. The maximum absolute atomic E-state index is 12.6. The molecule has 1 N–H and O–H groups in total. The Kier molecular flexibility index (Phi) is 1.43. The molecule has 4 heteroatoms. The highest BCUT2D eigenvalue weighted by atomic mass is 19.1. The van der Waals surface area contributed by atoms with Gasteiger partial charge in [0, 0.05) is 7.05 Å². The normalized spacial score (nSPS) is 31.4. The van der Waals surface area contributed by atoms with Crippen molar-refractivity contribution in [3.63, 3.8) is 0 Å². The van der Waals surface area contributed by atoms with Crippen LogP contribution in [0.2, 0.25) is 0 Å². The lowest BCUT2D eigenvalue weighted by Crippen LogP contribution is -2.44. The maximum Gasteiger partial charge on any atom is 0.273 e. The van der Waals surface area contributed by atoms with Crippen LogP contribution < -0.4 is 5.32 Å². The summed E-state index contributed by atoms with van der Waals surface area (Å²) in [7, 11) is 1.58. The molecule has 1 heterocycles. The van der Waals surface area contributed by atoms with Gasteiger partial charge in [-0.2, -0.15) is 0 Å². The van der Waals surface area contributed by atoms with Crippen molar-refractivity contribution in [3.05, 3.63) is 0 Å². The van der Waals surface area contributed by atoms with Crippen LogP contribution in [0, 0.1) is 0 Å². The molecule has 0 bridgehead atoms. The van der Waals surface area contributed by atoms with E-state index in [1.54, 1.807) is 20.9 Å². The van der Waals surface area contributed by atoms with E-state index in [1.807, 2.05) is 0 Å². The van der Waals surface area contributed by atoms with Gasteiger partial charge in [-0.3, -0.25) is 10.1 Å². The molecule has 58 valence electrons. The average molecular weight is 146 g/mol. The first-order valence-corrected chi connectivity index (χ1v) is 3.14. The molecule has 10 heavy (non-hydrogen) atoms. The number of halogens is 1. The van der Waals surface area contributed by atoms with E-state index in [2.05, 4.69) is 5.32 Å². The first-order valence-electron chi connectivity index (χ1n) is 3.14. The average Bonchev–Trinajstić information content (AvgIpc) is 1.95. The van der Waals surface area contributed by atoms with Gasteiger partial charge in [0.05, 0.1) is 5.66 Å². The first kappa shape index (κ1) is 7.47. The monoisotopic (exact) mass is 146 g/mol. The molecule has 0 aromatic heterocycles. The Morgan fingerprint density at radius 2 is 2.20 bits per heavy atom. The molecular weight excluding hydrogens is 135 g/mol. The fraction of sp³-hybridized carbons (Fsp3) is 0.833. The van der Waals surface area contributed by atoms with Crippen LogP contribution >= 0.6 is 0 Å². The zero-order valence-corrected chi connectivity index (χ0v) is 6.31. The van der Waals surface area contributed by atoms with E-state index < -0.39 is 17.9 Å². The summed E-state index contributed by atoms with van der Waals surface area (Å²) in [5, 5.41) is 2.50. The zero-order valence-electron chi connectivity index (χ0n) is 6.31. The minimum Gasteiger partial charge on any atom is -0.324 e. The van der Waals surface area contributed by atoms with Crippen molar-refractivity contribution in [1.82, 2.24) is 10.2 Å². The summed E-state index contributed by atoms with van der Waals surface area (Å²) >= 11 is 0. The van der Waals surface area contributed by atoms with Gasteiger partial charge in [0.2, 0.25) is 6.30 Å². The third kappa shape index (κ3) is 0.883. The van der Waals surface area contributed by atoms with E-state index in [0.717, 1.165) is 0 Å². The van der Waals surface area contributed by atoms with Crippen molar-refractivity contribution >= 4 is 5.91 Å². The molecule has 1 fully saturated rings. The number of carbonyl (C=O) groups is 1. The third-order valence-corrected chi connectivity index (χ3v) is 1.87. The van der Waals surface area contributed by atoms with Crippen LogP contribution in [-0.4, -0.2) is 29.8 Å². The number of hydrogen-bond donors (Lipinski definition) is 1. The lowest BCUT2D eigenvalue weighted by Gasteiger charge is -2.26. The van der Waals surface area contributed by atoms with Gasteiger partial charge in [-0.15, -0.1) is 0 Å². The van der Waals surface area contributed by atoms with E-state index in [9.17, 15) is 9.18 Å². The Labute approximate surface area is 59.2 Å². The van der Waals surface area contributed by atoms with Crippen LogP contribution in [0.5, 0.6) is 0 Å². The SMILES string of the molecule is CN1C(=O)[C@H](F)NC1(C)C. The standard InChI is InChI=1S/C6H11FN2O/c1-6(2)8-4(7)5(10)9(6)3/h4,8H,1-3H3/t4-/m1/s1. The second-order valence-corrected chi connectivity index (χ2v) is 2.96. The van der Waals surface area contributed by atoms with E-state index in [0.29, 0.717) is 0 Å². The number of hydrogen-bond acceptors (Lipinski definition) is 2. The molecule has 0 spiro atoms. The van der Waals surface area contributed by atoms with Crippen molar-refractivity contribution in [2.24, 2.45) is 0 Å². The number of carbonyl (C=O) groups excluding carboxylic acids is 1. The molecule has 1 amide bonds. The Morgan fingerprint density at radius 1 is 1.70 bits per heavy atom. The number of amides is 1. The van der Waals surface area contributed by atoms with E-state index >= 15 is 0 Å². The van der Waals surface area contributed by atoms with Crippen LogP contribution in [0.4, 0.5) is 4.39 Å². The van der Waals surface area contributed by atoms with Gasteiger partial charge in [-0.25, -0.2) is 4.39 Å². The van der Waals surface area contributed by atoms with Gasteiger partial charge >= 0.3 is 0 Å². The number of rotatable bonds is 0. The number of nitrogens with one attached hydrogen (secondary N) is 1. The molecular formula is C6H11FN2O. The third-order valence-electron chi connectivity index (χ3n) is 1.87. The molecule has 0 radical (unpaired) electrons. The molecule has 0 aromatic rings. The smallest absolute Gasteiger partial charge is 0.273 e. The highest BCUT2D eigenvalue weighted by molar-refractivity contribution is 5.83. The fourth-order valence-electron chi connectivity index (χ4n) is 0.914. The molecule has 0 saturated carbocycles. The summed E-state index contributed by atoms with van der Waals surface area (Å²) in [5.41, 5.74) is -0.545. The Morgan fingerprint density at radius 3 is 2.30 bits per heavy atom. The number of alkyl halides is 1. The number of likely N-dealkylation sites (N-methyl/N-ethyl adjacent to an activating group) is 1. The van der Waals surface area contributed by atoms with E-state index in [-0.39, 0.29) is 0 Å². The molecule has 1 aliphatic rings. The van der Waals surface area contributed by atoms with Gasteiger partial charge in [-0.1, -0.05) is 0 Å². The maximum atomic E-state index is 12.6. The van der Waals surface area contributed by atoms with Gasteiger partial charge in [-0.05, 0) is 13.8 Å². The summed E-state index contributed by atoms with van der Waals surface area (Å²) < 4.78 is 12.6. The Balaban J connectivity index is 2.81. The molecule has 0 unspecified atom stereocenters. The zero-order chi connectivity index (χ0) is 7.94. The van der Waals surface area contributed by atoms with Gasteiger partial charge < -0.3 is 4.90 Å². The molecule has 1 atom stereocenters. The molecule has 1 saturated heterocycles. The first-order chi connectivity index (χ1) is 4.45. The van der Waals surface area contributed by atoms with Crippen LogP contribution in [0.1, 0.15) is 13.8 Å². The fourth-order valence-corrected chi connectivity index (χ4v) is 0.914. The second-order valence-electron chi connectivity index (χ2n) is 2.96. The largest absolute Gasteiger partial charge is 0.324 e. The van der Waals surface area contributed by atoms with E-state index in [1.165, 1.54) is 4.90 Å². The van der Waals surface area contributed by atoms with Crippen molar-refractivity contribution in [3.8, 4) is 0 Å². The predicted molar refractivity (Wildman–Crippen MR) is 34.9 cm³/mol. The Hall–Kier alpha value is -0.640. The lowest BCUT2D eigenvalue weighted by atomic mass is 10.2. The van der Waals surface area contributed by atoms with Crippen LogP contribution in [-0.2, 0) is 4.79 Å². The summed E-state index contributed by atoms with van der Waals surface area (Å²) in [5.74, 6) is -0.495. The molecule has 1 rings (SSSR count). The van der Waals surface area contributed by atoms with Crippen molar-refractivity contribution in [2.45, 2.75) is 25.8 Å². The second kappa shape index (κ2) is 1.92. The lowest BCUT2D eigenvalue weighted by molar-refractivity contribution is -0.132. The minimum atomic E-state index is -1.53. The summed E-state index contributed by atoms with van der Waals surface area (Å²) in [4.78, 5) is 12.2. The number of nitrogens with zero attached hydrogens (tertiary/aromatic N) is 1. The van der Waals surface area contributed by atoms with Crippen LogP contribution in [0.25, 0.3) is 0 Å². The van der Waals surface area contributed by atoms with Crippen LogP contribution in [0.3, 0.4) is 0 Å². The molecule has 0 aliphatic carbocycles. The van der Waals surface area contributed by atoms with Crippen molar-refractivity contribution in [1.29, 1.82) is 0 Å². The predicted octanol–water partition coefficient (Wildman–Crippen LogP) is 0.0797. The summed E-state index contributed by atoms with van der Waals surface area (Å²) in [6.07, 6.45) is -1.53. The van der Waals surface area contributed by atoms with E-state index in [4.69, 9.17) is 0 Å². The van der Waals surface area contributed by atoms with Gasteiger partial charge in [0.25, 0.3) is 5.91 Å². The highest BCUT2D eigenvalue weighted by Gasteiger charge is 2.41. The topological polar surface area (TPSA) is 32.3 Å². The molecule has 0 aromatic carbocycles. The highest BCUT2D eigenvalue weighted by Crippen LogP contribution is 2.18. The van der Waals surface area contributed by atoms with Crippen LogP contribution in [0.15, 0.2) is 0 Å². The molecule has 3 nitrogen and oxygen atoms in total.